The Morgan fingerprint density at radius 1 is 1.00 bits per heavy atom. The standard InChI is InChI=1S/C16H25NO3/c1-5-13(17-8-6-7-9-17)16-14(19-3)10-12(18-2)11-15(16)20-4/h10-11,13H,5-9H2,1-4H3. The van der Waals surface area contributed by atoms with Crippen molar-refractivity contribution in [2.45, 2.75) is 32.2 Å². The molecule has 1 aliphatic rings. The summed E-state index contributed by atoms with van der Waals surface area (Å²) < 4.78 is 16.5. The van der Waals surface area contributed by atoms with Crippen LogP contribution in [0.25, 0.3) is 0 Å². The average molecular weight is 279 g/mol. The van der Waals surface area contributed by atoms with Gasteiger partial charge in [0.15, 0.2) is 0 Å². The Morgan fingerprint density at radius 2 is 1.55 bits per heavy atom. The summed E-state index contributed by atoms with van der Waals surface area (Å²) in [7, 11) is 5.06. The summed E-state index contributed by atoms with van der Waals surface area (Å²) in [6.07, 6.45) is 3.59. The second kappa shape index (κ2) is 6.84. The molecule has 1 heterocycles. The van der Waals surface area contributed by atoms with Crippen molar-refractivity contribution in [3.63, 3.8) is 0 Å². The van der Waals surface area contributed by atoms with E-state index < -0.39 is 0 Å². The first kappa shape index (κ1) is 15.0. The zero-order valence-electron chi connectivity index (χ0n) is 12.9. The monoisotopic (exact) mass is 279 g/mol. The number of nitrogens with zero attached hydrogens (tertiary/aromatic N) is 1. The summed E-state index contributed by atoms with van der Waals surface area (Å²) in [6.45, 7) is 4.51. The predicted octanol–water partition coefficient (Wildman–Crippen LogP) is 3.26. The molecule has 1 aliphatic heterocycles. The van der Waals surface area contributed by atoms with E-state index in [2.05, 4.69) is 11.8 Å². The quantitative estimate of drug-likeness (QED) is 0.800. The fourth-order valence-corrected chi connectivity index (χ4v) is 3.06. The number of benzene rings is 1. The second-order valence-electron chi connectivity index (χ2n) is 5.11. The molecule has 112 valence electrons. The first-order chi connectivity index (χ1) is 9.74. The average Bonchev–Trinajstić information content (AvgIpc) is 3.01. The van der Waals surface area contributed by atoms with E-state index in [-0.39, 0.29) is 0 Å². The predicted molar refractivity (Wildman–Crippen MR) is 79.9 cm³/mol. The Morgan fingerprint density at radius 3 is 1.95 bits per heavy atom. The molecular weight excluding hydrogens is 254 g/mol. The molecule has 1 unspecified atom stereocenters. The molecule has 2 rings (SSSR count). The number of methoxy groups -OCH3 is 3. The molecule has 0 aromatic heterocycles. The Balaban J connectivity index is 2.45. The lowest BCUT2D eigenvalue weighted by Gasteiger charge is -2.29. The minimum Gasteiger partial charge on any atom is -0.496 e. The largest absolute Gasteiger partial charge is 0.496 e. The molecule has 1 saturated heterocycles. The van der Waals surface area contributed by atoms with Gasteiger partial charge >= 0.3 is 0 Å². The van der Waals surface area contributed by atoms with Crippen molar-refractivity contribution in [3.8, 4) is 17.2 Å². The van der Waals surface area contributed by atoms with E-state index in [1.54, 1.807) is 21.3 Å². The molecule has 4 heteroatoms. The number of rotatable bonds is 6. The van der Waals surface area contributed by atoms with Gasteiger partial charge in [0.25, 0.3) is 0 Å². The van der Waals surface area contributed by atoms with Crippen LogP contribution in [0.2, 0.25) is 0 Å². The topological polar surface area (TPSA) is 30.9 Å². The van der Waals surface area contributed by atoms with Crippen LogP contribution in [0.4, 0.5) is 0 Å². The Labute approximate surface area is 121 Å². The summed E-state index contributed by atoms with van der Waals surface area (Å²) in [5.74, 6) is 2.46. The van der Waals surface area contributed by atoms with Gasteiger partial charge in [-0.25, -0.2) is 0 Å². The van der Waals surface area contributed by atoms with Crippen molar-refractivity contribution in [3.05, 3.63) is 17.7 Å². The van der Waals surface area contributed by atoms with Crippen LogP contribution in [0, 0.1) is 0 Å². The van der Waals surface area contributed by atoms with Crippen LogP contribution in [0.5, 0.6) is 17.2 Å². The van der Waals surface area contributed by atoms with Crippen LogP contribution in [0.15, 0.2) is 12.1 Å². The van der Waals surface area contributed by atoms with Crippen molar-refractivity contribution in [2.75, 3.05) is 34.4 Å². The van der Waals surface area contributed by atoms with Crippen molar-refractivity contribution in [1.29, 1.82) is 0 Å². The molecule has 0 radical (unpaired) electrons. The molecule has 1 aromatic carbocycles. The van der Waals surface area contributed by atoms with Gasteiger partial charge in [0, 0.05) is 18.2 Å². The lowest BCUT2D eigenvalue weighted by atomic mass is 10.00. The normalized spacial score (nSPS) is 17.0. The maximum atomic E-state index is 5.59. The Kier molecular flexibility index (Phi) is 5.12. The second-order valence-corrected chi connectivity index (χ2v) is 5.11. The highest BCUT2D eigenvalue weighted by molar-refractivity contribution is 5.52. The summed E-state index contributed by atoms with van der Waals surface area (Å²) in [4.78, 5) is 2.52. The lowest BCUT2D eigenvalue weighted by molar-refractivity contribution is 0.227. The molecule has 1 atom stereocenters. The third-order valence-corrected chi connectivity index (χ3v) is 4.05. The van der Waals surface area contributed by atoms with Crippen molar-refractivity contribution >= 4 is 0 Å². The Bertz CT molecular complexity index is 416. The summed E-state index contributed by atoms with van der Waals surface area (Å²) in [5.41, 5.74) is 1.14. The molecule has 0 aliphatic carbocycles. The molecule has 4 nitrogen and oxygen atoms in total. The van der Waals surface area contributed by atoms with Crippen LogP contribution in [-0.4, -0.2) is 39.3 Å². The van der Waals surface area contributed by atoms with E-state index in [1.807, 2.05) is 12.1 Å². The van der Waals surface area contributed by atoms with Crippen molar-refractivity contribution in [1.82, 2.24) is 4.90 Å². The van der Waals surface area contributed by atoms with Gasteiger partial charge in [-0.1, -0.05) is 6.92 Å². The van der Waals surface area contributed by atoms with Crippen LogP contribution in [0.1, 0.15) is 37.8 Å². The molecular formula is C16H25NO3. The zero-order valence-corrected chi connectivity index (χ0v) is 12.9. The SMILES string of the molecule is CCC(c1c(OC)cc(OC)cc1OC)N1CCCC1. The minimum absolute atomic E-state index is 0.341. The van der Waals surface area contributed by atoms with Crippen LogP contribution in [0.3, 0.4) is 0 Å². The fraction of sp³-hybridized carbons (Fsp3) is 0.625. The maximum Gasteiger partial charge on any atom is 0.131 e. The number of ether oxygens (including phenoxy) is 3. The van der Waals surface area contributed by atoms with Gasteiger partial charge in [-0.2, -0.15) is 0 Å². The molecule has 0 N–H and O–H groups in total. The van der Waals surface area contributed by atoms with Gasteiger partial charge in [0.05, 0.1) is 26.9 Å². The molecule has 0 bridgehead atoms. The minimum atomic E-state index is 0.341. The molecule has 1 aromatic rings. The third-order valence-electron chi connectivity index (χ3n) is 4.05. The smallest absolute Gasteiger partial charge is 0.131 e. The molecule has 20 heavy (non-hydrogen) atoms. The lowest BCUT2D eigenvalue weighted by Crippen LogP contribution is -2.26. The van der Waals surface area contributed by atoms with Gasteiger partial charge in [0.2, 0.25) is 0 Å². The van der Waals surface area contributed by atoms with E-state index in [9.17, 15) is 0 Å². The van der Waals surface area contributed by atoms with Gasteiger partial charge in [-0.3, -0.25) is 4.90 Å². The first-order valence-corrected chi connectivity index (χ1v) is 7.29. The highest BCUT2D eigenvalue weighted by atomic mass is 16.5. The maximum absolute atomic E-state index is 5.59. The molecule has 1 fully saturated rings. The van der Waals surface area contributed by atoms with E-state index in [4.69, 9.17) is 14.2 Å². The number of hydrogen-bond donors (Lipinski definition) is 0. The highest BCUT2D eigenvalue weighted by Crippen LogP contribution is 2.42. The zero-order chi connectivity index (χ0) is 14.5. The van der Waals surface area contributed by atoms with Crippen LogP contribution >= 0.6 is 0 Å². The van der Waals surface area contributed by atoms with Crippen LogP contribution in [-0.2, 0) is 0 Å². The van der Waals surface area contributed by atoms with E-state index in [0.29, 0.717) is 6.04 Å². The van der Waals surface area contributed by atoms with Crippen molar-refractivity contribution < 1.29 is 14.2 Å². The summed E-state index contributed by atoms with van der Waals surface area (Å²) in [5, 5.41) is 0. The fourth-order valence-electron chi connectivity index (χ4n) is 3.06. The Hall–Kier alpha value is -1.42. The first-order valence-electron chi connectivity index (χ1n) is 7.29. The molecule has 0 amide bonds. The number of likely N-dealkylation sites (tertiary alicyclic amines) is 1. The summed E-state index contributed by atoms with van der Waals surface area (Å²) >= 11 is 0. The van der Waals surface area contributed by atoms with Gasteiger partial charge in [-0.05, 0) is 32.4 Å². The molecule has 0 saturated carbocycles. The van der Waals surface area contributed by atoms with E-state index in [0.717, 1.165) is 42.3 Å². The summed E-state index contributed by atoms with van der Waals surface area (Å²) in [6, 6.07) is 4.22. The van der Waals surface area contributed by atoms with Gasteiger partial charge in [-0.15, -0.1) is 0 Å². The highest BCUT2D eigenvalue weighted by Gasteiger charge is 2.28. The van der Waals surface area contributed by atoms with Gasteiger partial charge in [0.1, 0.15) is 17.2 Å². The number of hydrogen-bond acceptors (Lipinski definition) is 4. The van der Waals surface area contributed by atoms with E-state index in [1.165, 1.54) is 12.8 Å². The van der Waals surface area contributed by atoms with Crippen molar-refractivity contribution in [2.24, 2.45) is 0 Å². The van der Waals surface area contributed by atoms with E-state index >= 15 is 0 Å². The third kappa shape index (κ3) is 2.85. The van der Waals surface area contributed by atoms with Crippen LogP contribution < -0.4 is 14.2 Å². The molecule has 0 spiro atoms. The van der Waals surface area contributed by atoms with Gasteiger partial charge < -0.3 is 14.2 Å².